The Balaban J connectivity index is 1.96. The van der Waals surface area contributed by atoms with E-state index in [9.17, 15) is 5.11 Å². The van der Waals surface area contributed by atoms with Gasteiger partial charge in [-0.25, -0.2) is 9.97 Å². The molecule has 0 spiro atoms. The third kappa shape index (κ3) is 2.08. The highest BCUT2D eigenvalue weighted by atomic mass is 16.3. The summed E-state index contributed by atoms with van der Waals surface area (Å²) in [6.07, 6.45) is 3.98. The van der Waals surface area contributed by atoms with E-state index in [1.807, 2.05) is 11.0 Å². The molecule has 94 valence electrons. The predicted molar refractivity (Wildman–Crippen MR) is 69.6 cm³/mol. The zero-order chi connectivity index (χ0) is 13.2. The zero-order valence-electron chi connectivity index (χ0n) is 10.2. The highest BCUT2D eigenvalue weighted by Gasteiger charge is 2.20. The summed E-state index contributed by atoms with van der Waals surface area (Å²) < 4.78 is 0. The molecule has 0 fully saturated rings. The molecule has 19 heavy (non-hydrogen) atoms. The monoisotopic (exact) mass is 252 g/mol. The van der Waals surface area contributed by atoms with Crippen LogP contribution in [0.2, 0.25) is 0 Å². The Kier molecular flexibility index (Phi) is 2.76. The molecule has 1 aliphatic heterocycles. The van der Waals surface area contributed by atoms with Gasteiger partial charge in [0.15, 0.2) is 11.5 Å². The molecule has 1 aliphatic rings. The van der Waals surface area contributed by atoms with Crippen molar-refractivity contribution in [1.82, 2.24) is 9.97 Å². The lowest BCUT2D eigenvalue weighted by Gasteiger charge is -2.29. The summed E-state index contributed by atoms with van der Waals surface area (Å²) in [5.41, 5.74) is 2.64. The first-order valence-electron chi connectivity index (χ1n) is 6.05. The molecule has 2 aromatic rings. The van der Waals surface area contributed by atoms with E-state index in [-0.39, 0.29) is 5.75 Å². The van der Waals surface area contributed by atoms with Crippen molar-refractivity contribution in [1.29, 1.82) is 5.26 Å². The molecule has 0 unspecified atom stereocenters. The molecule has 0 amide bonds. The number of hydrogen-bond donors (Lipinski definition) is 1. The number of aromatic nitrogens is 2. The number of fused-ring (bicyclic) bond motifs is 1. The largest absolute Gasteiger partial charge is 0.508 e. The Hall–Kier alpha value is -2.61. The van der Waals surface area contributed by atoms with E-state index in [1.54, 1.807) is 18.3 Å². The lowest BCUT2D eigenvalue weighted by Crippen LogP contribution is -2.31. The molecule has 0 radical (unpaired) electrons. The van der Waals surface area contributed by atoms with Crippen LogP contribution in [0.4, 0.5) is 5.82 Å². The summed E-state index contributed by atoms with van der Waals surface area (Å²) in [6, 6.07) is 7.49. The Morgan fingerprint density at radius 3 is 2.89 bits per heavy atom. The van der Waals surface area contributed by atoms with Crippen LogP contribution in [0.3, 0.4) is 0 Å². The summed E-state index contributed by atoms with van der Waals surface area (Å²) >= 11 is 0. The standard InChI is InChI=1S/C14H12N4O/c15-8-13-14(17-5-4-16-13)18-6-3-10-1-2-12(19)7-11(10)9-18/h1-2,4-5,7,19H,3,6,9H2. The summed E-state index contributed by atoms with van der Waals surface area (Å²) in [6.45, 7) is 1.43. The molecule has 0 saturated carbocycles. The topological polar surface area (TPSA) is 73.0 Å². The van der Waals surface area contributed by atoms with Gasteiger partial charge in [-0.15, -0.1) is 0 Å². The van der Waals surface area contributed by atoms with Crippen LogP contribution in [-0.4, -0.2) is 21.6 Å². The number of anilines is 1. The number of nitriles is 1. The Morgan fingerprint density at radius 1 is 1.21 bits per heavy atom. The van der Waals surface area contributed by atoms with Gasteiger partial charge in [0.1, 0.15) is 11.8 Å². The molecule has 2 heterocycles. The number of phenols is 1. The van der Waals surface area contributed by atoms with E-state index in [1.165, 1.54) is 11.8 Å². The van der Waals surface area contributed by atoms with Gasteiger partial charge in [0, 0.05) is 25.5 Å². The van der Waals surface area contributed by atoms with E-state index < -0.39 is 0 Å². The van der Waals surface area contributed by atoms with Crippen LogP contribution in [0.15, 0.2) is 30.6 Å². The van der Waals surface area contributed by atoms with Crippen molar-refractivity contribution >= 4 is 5.82 Å². The minimum Gasteiger partial charge on any atom is -0.508 e. The minimum absolute atomic E-state index is 0.264. The van der Waals surface area contributed by atoms with Crippen molar-refractivity contribution in [3.63, 3.8) is 0 Å². The van der Waals surface area contributed by atoms with Crippen LogP contribution in [0.1, 0.15) is 16.8 Å². The van der Waals surface area contributed by atoms with Crippen LogP contribution < -0.4 is 4.90 Å². The molecule has 1 aromatic heterocycles. The van der Waals surface area contributed by atoms with Crippen LogP contribution in [0, 0.1) is 11.3 Å². The normalized spacial score (nSPS) is 13.7. The van der Waals surface area contributed by atoms with Crippen molar-refractivity contribution < 1.29 is 5.11 Å². The third-order valence-corrected chi connectivity index (χ3v) is 3.29. The lowest BCUT2D eigenvalue weighted by atomic mass is 9.99. The first-order chi connectivity index (χ1) is 9.28. The maximum absolute atomic E-state index is 9.55. The van der Waals surface area contributed by atoms with Gasteiger partial charge in [-0.3, -0.25) is 0 Å². The summed E-state index contributed by atoms with van der Waals surface area (Å²) in [5.74, 6) is 0.874. The Morgan fingerprint density at radius 2 is 2.05 bits per heavy atom. The van der Waals surface area contributed by atoms with Gasteiger partial charge in [0.2, 0.25) is 0 Å². The molecule has 0 atom stereocenters. The molecule has 1 aromatic carbocycles. The van der Waals surface area contributed by atoms with Crippen molar-refractivity contribution in [3.05, 3.63) is 47.4 Å². The fourth-order valence-corrected chi connectivity index (χ4v) is 2.37. The summed E-state index contributed by atoms with van der Waals surface area (Å²) in [7, 11) is 0. The molecule has 5 nitrogen and oxygen atoms in total. The maximum atomic E-state index is 9.55. The summed E-state index contributed by atoms with van der Waals surface area (Å²) in [4.78, 5) is 10.3. The fraction of sp³-hybridized carbons (Fsp3) is 0.214. The van der Waals surface area contributed by atoms with E-state index in [4.69, 9.17) is 5.26 Å². The average molecular weight is 252 g/mol. The number of nitrogens with zero attached hydrogens (tertiary/aromatic N) is 4. The van der Waals surface area contributed by atoms with Crippen LogP contribution >= 0.6 is 0 Å². The van der Waals surface area contributed by atoms with Gasteiger partial charge in [-0.1, -0.05) is 6.07 Å². The third-order valence-electron chi connectivity index (χ3n) is 3.29. The molecule has 0 aliphatic carbocycles. The number of phenolic OH excluding ortho intramolecular Hbond substituents is 1. The van der Waals surface area contributed by atoms with Gasteiger partial charge >= 0.3 is 0 Å². The highest BCUT2D eigenvalue weighted by Crippen LogP contribution is 2.26. The molecule has 0 saturated heterocycles. The van der Waals surface area contributed by atoms with Crippen LogP contribution in [0.25, 0.3) is 0 Å². The van der Waals surface area contributed by atoms with Gasteiger partial charge < -0.3 is 10.0 Å². The van der Waals surface area contributed by atoms with Crippen molar-refractivity contribution in [3.8, 4) is 11.8 Å². The van der Waals surface area contributed by atoms with Crippen molar-refractivity contribution in [2.45, 2.75) is 13.0 Å². The van der Waals surface area contributed by atoms with Gasteiger partial charge in [0.25, 0.3) is 0 Å². The molecule has 3 rings (SSSR count). The predicted octanol–water partition coefficient (Wildman–Crippen LogP) is 1.62. The maximum Gasteiger partial charge on any atom is 0.183 e. The van der Waals surface area contributed by atoms with Crippen LogP contribution in [0.5, 0.6) is 5.75 Å². The second kappa shape index (κ2) is 4.58. The van der Waals surface area contributed by atoms with Crippen LogP contribution in [-0.2, 0) is 13.0 Å². The van der Waals surface area contributed by atoms with Gasteiger partial charge in [0.05, 0.1) is 0 Å². The first-order valence-corrected chi connectivity index (χ1v) is 6.05. The first kappa shape index (κ1) is 11.5. The Bertz CT molecular complexity index is 663. The number of benzene rings is 1. The second-order valence-corrected chi connectivity index (χ2v) is 4.46. The molecule has 5 heteroatoms. The van der Waals surface area contributed by atoms with E-state index in [0.29, 0.717) is 18.1 Å². The summed E-state index contributed by atoms with van der Waals surface area (Å²) in [5, 5.41) is 18.6. The quantitative estimate of drug-likeness (QED) is 0.834. The van der Waals surface area contributed by atoms with E-state index in [2.05, 4.69) is 16.0 Å². The minimum atomic E-state index is 0.264. The number of aromatic hydroxyl groups is 1. The zero-order valence-corrected chi connectivity index (χ0v) is 10.2. The van der Waals surface area contributed by atoms with E-state index >= 15 is 0 Å². The highest BCUT2D eigenvalue weighted by molar-refractivity contribution is 5.52. The van der Waals surface area contributed by atoms with Gasteiger partial charge in [-0.05, 0) is 29.7 Å². The number of rotatable bonds is 1. The number of hydrogen-bond acceptors (Lipinski definition) is 5. The Labute approximate surface area is 110 Å². The van der Waals surface area contributed by atoms with E-state index in [0.717, 1.165) is 18.5 Å². The molecular formula is C14H12N4O. The fourth-order valence-electron chi connectivity index (χ4n) is 2.37. The molecule has 1 N–H and O–H groups in total. The molecule has 0 bridgehead atoms. The SMILES string of the molecule is N#Cc1nccnc1N1CCc2ccc(O)cc2C1. The molecular weight excluding hydrogens is 240 g/mol. The van der Waals surface area contributed by atoms with Gasteiger partial charge in [-0.2, -0.15) is 5.26 Å². The average Bonchev–Trinajstić information content (AvgIpc) is 2.46. The van der Waals surface area contributed by atoms with Crippen molar-refractivity contribution in [2.75, 3.05) is 11.4 Å². The smallest absolute Gasteiger partial charge is 0.183 e. The lowest BCUT2D eigenvalue weighted by molar-refractivity contribution is 0.473. The second-order valence-electron chi connectivity index (χ2n) is 4.46. The van der Waals surface area contributed by atoms with Crippen molar-refractivity contribution in [2.24, 2.45) is 0 Å².